The third kappa shape index (κ3) is 5.82. The van der Waals surface area contributed by atoms with E-state index in [2.05, 4.69) is 109 Å². The van der Waals surface area contributed by atoms with Crippen LogP contribution in [0, 0.1) is 42.7 Å². The second-order valence-corrected chi connectivity index (χ2v) is 16.4. The van der Waals surface area contributed by atoms with E-state index in [9.17, 15) is 10.5 Å². The second-order valence-electron chi connectivity index (χ2n) is 16.4. The zero-order valence-corrected chi connectivity index (χ0v) is 33.5. The van der Waals surface area contributed by atoms with Crippen molar-refractivity contribution < 1.29 is 0 Å². The molecular formula is C53H38N6. The lowest BCUT2D eigenvalue weighted by Crippen LogP contribution is -2.18. The number of rotatable bonds is 6. The average molecular weight is 759 g/mol. The summed E-state index contributed by atoms with van der Waals surface area (Å²) in [6.07, 6.45) is 0. The zero-order valence-electron chi connectivity index (χ0n) is 33.5. The van der Waals surface area contributed by atoms with Crippen LogP contribution in [0.15, 0.2) is 140 Å². The molecule has 0 atom stereocenters. The van der Waals surface area contributed by atoms with Crippen molar-refractivity contribution in [3.8, 4) is 34.4 Å². The lowest BCUT2D eigenvalue weighted by atomic mass is 9.79. The maximum absolute atomic E-state index is 9.51. The smallest absolute Gasteiger partial charge is 0.187 e. The Morgan fingerprint density at radius 1 is 0.441 bits per heavy atom. The van der Waals surface area contributed by atoms with Crippen molar-refractivity contribution in [2.75, 3.05) is 9.80 Å². The number of benzene rings is 7. The molecule has 0 amide bonds. The van der Waals surface area contributed by atoms with Gasteiger partial charge in [0.05, 0.1) is 36.4 Å². The number of hydrogen-bond acceptors (Lipinski definition) is 4. The van der Waals surface area contributed by atoms with Gasteiger partial charge in [0.2, 0.25) is 0 Å². The third-order valence-electron chi connectivity index (χ3n) is 12.2. The van der Waals surface area contributed by atoms with E-state index in [0.717, 1.165) is 34.1 Å². The summed E-state index contributed by atoms with van der Waals surface area (Å²) < 4.78 is 0. The molecule has 6 nitrogen and oxygen atoms in total. The molecule has 2 aliphatic carbocycles. The molecule has 0 heterocycles. The Kier molecular flexibility index (Phi) is 8.49. The summed E-state index contributed by atoms with van der Waals surface area (Å²) in [6.45, 7) is 26.5. The van der Waals surface area contributed by atoms with Gasteiger partial charge < -0.3 is 9.80 Å². The fourth-order valence-electron chi connectivity index (χ4n) is 9.14. The molecule has 0 aromatic heterocycles. The molecule has 0 N–H and O–H groups in total. The normalized spacial score (nSPS) is 13.4. The summed E-state index contributed by atoms with van der Waals surface area (Å²) >= 11 is 0. The molecule has 7 aromatic rings. The van der Waals surface area contributed by atoms with Gasteiger partial charge in [-0.05, 0) is 166 Å². The topological polar surface area (TPSA) is 62.8 Å². The number of anilines is 6. The van der Waals surface area contributed by atoms with Crippen LogP contribution in [0.2, 0.25) is 0 Å². The van der Waals surface area contributed by atoms with Crippen molar-refractivity contribution >= 4 is 45.5 Å². The third-order valence-corrected chi connectivity index (χ3v) is 12.2. The van der Waals surface area contributed by atoms with Gasteiger partial charge in [0.25, 0.3) is 0 Å². The van der Waals surface area contributed by atoms with Crippen molar-refractivity contribution in [3.63, 3.8) is 0 Å². The van der Waals surface area contributed by atoms with Gasteiger partial charge in [-0.2, -0.15) is 10.5 Å². The van der Waals surface area contributed by atoms with Gasteiger partial charge in [-0.3, -0.25) is 0 Å². The number of hydrogen-bond donors (Lipinski definition) is 0. The lowest BCUT2D eigenvalue weighted by molar-refractivity contribution is 0.652. The first-order chi connectivity index (χ1) is 28.5. The average Bonchev–Trinajstić information content (AvgIpc) is 3.62. The predicted molar refractivity (Wildman–Crippen MR) is 238 cm³/mol. The van der Waals surface area contributed by atoms with E-state index >= 15 is 0 Å². The first kappa shape index (κ1) is 36.7. The lowest BCUT2D eigenvalue weighted by Gasteiger charge is -2.29. The highest BCUT2D eigenvalue weighted by molar-refractivity contribution is 5.93. The molecular weight excluding hydrogens is 721 g/mol. The Morgan fingerprint density at radius 2 is 0.831 bits per heavy atom. The fraction of sp³-hybridized carbons (Fsp3) is 0.132. The molecule has 0 unspecified atom stereocenters. The largest absolute Gasteiger partial charge is 0.311 e. The van der Waals surface area contributed by atoms with Crippen LogP contribution in [0.3, 0.4) is 0 Å². The molecule has 6 heteroatoms. The standard InChI is InChI=1S/C53H38N6/c1-33-26-43(59(40-20-12-36(56-6)13-21-40)41-22-14-37(57-7)15-23-41)28-50-51(33)46-30-48-45(29-49(46)53(50,4)5)44-25-24-42(27-47(44)52(48,2)3)58(38-16-8-34(31-54)9-17-38)39-18-10-35(32-55)11-19-39/h8-30H,1-5H3. The number of fused-ring (bicyclic) bond motifs is 6. The molecule has 59 heavy (non-hydrogen) atoms. The number of nitriles is 2. The molecule has 0 spiro atoms. The minimum absolute atomic E-state index is 0.302. The molecule has 0 saturated carbocycles. The minimum atomic E-state index is -0.303. The Labute approximate surface area is 345 Å². The first-order valence-corrected chi connectivity index (χ1v) is 19.5. The van der Waals surface area contributed by atoms with Gasteiger partial charge in [0, 0.05) is 45.0 Å². The van der Waals surface area contributed by atoms with E-state index in [0.29, 0.717) is 22.5 Å². The first-order valence-electron chi connectivity index (χ1n) is 19.5. The van der Waals surface area contributed by atoms with E-state index in [4.69, 9.17) is 13.1 Å². The van der Waals surface area contributed by atoms with Crippen LogP contribution in [0.5, 0.6) is 0 Å². The van der Waals surface area contributed by atoms with Crippen molar-refractivity contribution in [2.24, 2.45) is 0 Å². The highest BCUT2D eigenvalue weighted by atomic mass is 15.1. The van der Waals surface area contributed by atoms with Crippen LogP contribution < -0.4 is 9.80 Å². The molecule has 2 aliphatic rings. The van der Waals surface area contributed by atoms with Crippen LogP contribution in [0.1, 0.15) is 66.6 Å². The van der Waals surface area contributed by atoms with Crippen molar-refractivity contribution in [1.82, 2.24) is 0 Å². The molecule has 0 bridgehead atoms. The van der Waals surface area contributed by atoms with Gasteiger partial charge in [0.1, 0.15) is 0 Å². The summed E-state index contributed by atoms with van der Waals surface area (Å²) in [5, 5.41) is 19.0. The van der Waals surface area contributed by atoms with Gasteiger partial charge in [-0.1, -0.05) is 58.0 Å². The van der Waals surface area contributed by atoms with Crippen molar-refractivity contribution in [1.29, 1.82) is 10.5 Å². The van der Waals surface area contributed by atoms with Gasteiger partial charge >= 0.3 is 0 Å². The number of aryl methyl sites for hydroxylation is 1. The minimum Gasteiger partial charge on any atom is -0.311 e. The van der Waals surface area contributed by atoms with E-state index < -0.39 is 0 Å². The van der Waals surface area contributed by atoms with Crippen LogP contribution in [0.25, 0.3) is 31.9 Å². The van der Waals surface area contributed by atoms with Crippen LogP contribution in [0.4, 0.5) is 45.5 Å². The highest BCUT2D eigenvalue weighted by Crippen LogP contribution is 2.58. The molecule has 0 radical (unpaired) electrons. The SMILES string of the molecule is [C-]#[N+]c1ccc(N(c2ccc([N+]#[C-])cc2)c2cc(C)c3c(c2)C(C)(C)c2cc4c(cc2-3)C(C)(C)c2cc(N(c3ccc(C#N)cc3)c3ccc(C#N)cc3)ccc2-4)cc1. The Hall–Kier alpha value is -7.90. The van der Waals surface area contributed by atoms with Gasteiger partial charge in [-0.15, -0.1) is 0 Å². The van der Waals surface area contributed by atoms with E-state index in [-0.39, 0.29) is 10.8 Å². The second kappa shape index (κ2) is 13.6. The van der Waals surface area contributed by atoms with Crippen molar-refractivity contribution in [3.05, 3.63) is 201 Å². The van der Waals surface area contributed by atoms with E-state index in [1.165, 1.54) is 50.1 Å². The van der Waals surface area contributed by atoms with Gasteiger partial charge in [0.15, 0.2) is 11.4 Å². The molecule has 0 fully saturated rings. The molecule has 0 saturated heterocycles. The molecule has 9 rings (SSSR count). The highest BCUT2D eigenvalue weighted by Gasteiger charge is 2.43. The predicted octanol–water partition coefficient (Wildman–Crippen LogP) is 14.4. The summed E-state index contributed by atoms with van der Waals surface area (Å²) in [5.74, 6) is 0. The van der Waals surface area contributed by atoms with E-state index in [1.807, 2.05) is 97.1 Å². The van der Waals surface area contributed by atoms with Crippen LogP contribution >= 0.6 is 0 Å². The number of nitrogens with zero attached hydrogens (tertiary/aromatic N) is 6. The zero-order chi connectivity index (χ0) is 41.2. The maximum atomic E-state index is 9.51. The Morgan fingerprint density at radius 3 is 1.32 bits per heavy atom. The Balaban J connectivity index is 1.15. The monoisotopic (exact) mass is 758 g/mol. The summed E-state index contributed by atoms with van der Waals surface area (Å²) in [7, 11) is 0. The van der Waals surface area contributed by atoms with Crippen LogP contribution in [-0.2, 0) is 10.8 Å². The van der Waals surface area contributed by atoms with Crippen LogP contribution in [-0.4, -0.2) is 0 Å². The van der Waals surface area contributed by atoms with E-state index in [1.54, 1.807) is 0 Å². The summed E-state index contributed by atoms with van der Waals surface area (Å²) in [4.78, 5) is 11.6. The van der Waals surface area contributed by atoms with Gasteiger partial charge in [-0.25, -0.2) is 9.69 Å². The molecule has 7 aromatic carbocycles. The summed E-state index contributed by atoms with van der Waals surface area (Å²) in [6, 6.07) is 51.2. The molecule has 0 aliphatic heterocycles. The molecule has 280 valence electrons. The maximum Gasteiger partial charge on any atom is 0.187 e. The quantitative estimate of drug-likeness (QED) is 0.158. The Bertz CT molecular complexity index is 2900. The summed E-state index contributed by atoms with van der Waals surface area (Å²) in [5.41, 5.74) is 18.8. The van der Waals surface area contributed by atoms with Crippen molar-refractivity contribution in [2.45, 2.75) is 45.4 Å². The fourth-order valence-corrected chi connectivity index (χ4v) is 9.14.